The fourth-order valence-electron chi connectivity index (χ4n) is 4.36. The highest BCUT2D eigenvalue weighted by Crippen LogP contribution is 2.29. The van der Waals surface area contributed by atoms with E-state index in [1.807, 2.05) is 31.0 Å². The Hall–Kier alpha value is -4.08. The molecule has 10 heteroatoms. The van der Waals surface area contributed by atoms with Crippen LogP contribution in [0.15, 0.2) is 48.5 Å². The molecule has 1 aliphatic heterocycles. The first-order valence-corrected chi connectivity index (χ1v) is 14.9. The first kappa shape index (κ1) is 36.1. The van der Waals surface area contributed by atoms with Crippen molar-refractivity contribution in [3.63, 3.8) is 0 Å². The quantitative estimate of drug-likeness (QED) is 0.339. The molecule has 0 unspecified atom stereocenters. The summed E-state index contributed by atoms with van der Waals surface area (Å²) >= 11 is 0. The molecule has 0 aliphatic carbocycles. The highest BCUT2D eigenvalue weighted by atomic mass is 16.6. The average Bonchev–Trinajstić information content (AvgIpc) is 2.85. The third kappa shape index (κ3) is 13.9. The van der Waals surface area contributed by atoms with Gasteiger partial charge in [-0.25, -0.2) is 19.7 Å². The van der Waals surface area contributed by atoms with Crippen molar-refractivity contribution in [3.05, 3.63) is 65.2 Å². The molecule has 44 heavy (non-hydrogen) atoms. The van der Waals surface area contributed by atoms with Gasteiger partial charge in [0.05, 0.1) is 0 Å². The Morgan fingerprint density at radius 2 is 1.20 bits per heavy atom. The smallest absolute Gasteiger partial charge is 0.417 e. The standard InChI is InChI=1S/C24H30N2O3.C10H19NO4/c1-17-7-5-8-19(15-17)18-11-13-26(14-12-18)22(27)20-9-6-10-21(16-20)25-23(28)29-24(2,3)4;1-9(2,3)14-7(12)11-8(13)15-10(4,5)6/h5-10,15-16,18H,11-14H2,1-4H3,(H,25,28);1-6H3,(H,11,12,13). The summed E-state index contributed by atoms with van der Waals surface area (Å²) in [6.07, 6.45) is -0.217. The number of aryl methyl sites for hydroxylation is 1. The number of piperidine rings is 1. The van der Waals surface area contributed by atoms with Gasteiger partial charge in [-0.1, -0.05) is 35.9 Å². The minimum atomic E-state index is -0.809. The van der Waals surface area contributed by atoms with E-state index in [0.717, 1.165) is 25.9 Å². The molecule has 4 amide bonds. The number of imide groups is 1. The van der Waals surface area contributed by atoms with Crippen LogP contribution in [0.3, 0.4) is 0 Å². The van der Waals surface area contributed by atoms with Gasteiger partial charge >= 0.3 is 18.3 Å². The van der Waals surface area contributed by atoms with Gasteiger partial charge in [-0.15, -0.1) is 0 Å². The van der Waals surface area contributed by atoms with E-state index in [4.69, 9.17) is 14.2 Å². The number of carbonyl (C=O) groups is 4. The van der Waals surface area contributed by atoms with Crippen LogP contribution in [-0.2, 0) is 14.2 Å². The molecule has 1 heterocycles. The third-order valence-corrected chi connectivity index (χ3v) is 6.05. The van der Waals surface area contributed by atoms with Gasteiger partial charge in [0.1, 0.15) is 16.8 Å². The molecule has 1 aliphatic rings. The molecular weight excluding hydrogens is 562 g/mol. The Morgan fingerprint density at radius 3 is 1.70 bits per heavy atom. The number of hydrogen-bond donors (Lipinski definition) is 2. The average molecular weight is 612 g/mol. The highest BCUT2D eigenvalue weighted by Gasteiger charge is 2.25. The molecule has 0 radical (unpaired) electrons. The Kier molecular flexibility index (Phi) is 12.4. The lowest BCUT2D eigenvalue weighted by Crippen LogP contribution is -2.39. The lowest BCUT2D eigenvalue weighted by Gasteiger charge is -2.32. The second kappa shape index (κ2) is 15.1. The van der Waals surface area contributed by atoms with Crippen molar-refractivity contribution < 1.29 is 33.4 Å². The molecule has 242 valence electrons. The number of rotatable bonds is 3. The van der Waals surface area contributed by atoms with Gasteiger partial charge in [0.2, 0.25) is 0 Å². The van der Waals surface area contributed by atoms with Crippen molar-refractivity contribution in [1.82, 2.24) is 10.2 Å². The van der Waals surface area contributed by atoms with Crippen molar-refractivity contribution in [2.24, 2.45) is 0 Å². The van der Waals surface area contributed by atoms with Gasteiger partial charge in [-0.3, -0.25) is 10.1 Å². The van der Waals surface area contributed by atoms with E-state index in [2.05, 4.69) is 36.5 Å². The maximum absolute atomic E-state index is 12.9. The van der Waals surface area contributed by atoms with E-state index in [1.165, 1.54) is 11.1 Å². The number of likely N-dealkylation sites (tertiary alicyclic amines) is 1. The summed E-state index contributed by atoms with van der Waals surface area (Å²) in [5.41, 5.74) is 1.93. The van der Waals surface area contributed by atoms with E-state index in [0.29, 0.717) is 17.2 Å². The molecule has 0 bridgehead atoms. The van der Waals surface area contributed by atoms with Crippen LogP contribution in [0.1, 0.15) is 103 Å². The van der Waals surface area contributed by atoms with Gasteiger partial charge in [0.15, 0.2) is 0 Å². The van der Waals surface area contributed by atoms with E-state index >= 15 is 0 Å². The lowest BCUT2D eigenvalue weighted by molar-refractivity contribution is 0.0352. The fraction of sp³-hybridized carbons (Fsp3) is 0.529. The van der Waals surface area contributed by atoms with E-state index in [1.54, 1.807) is 65.8 Å². The van der Waals surface area contributed by atoms with Crippen LogP contribution in [0.25, 0.3) is 0 Å². The zero-order chi connectivity index (χ0) is 33.3. The molecule has 2 aromatic carbocycles. The van der Waals surface area contributed by atoms with Crippen molar-refractivity contribution in [1.29, 1.82) is 0 Å². The normalized spacial score (nSPS) is 14.0. The second-order valence-electron chi connectivity index (χ2n) is 13.8. The summed E-state index contributed by atoms with van der Waals surface area (Å²) in [5, 5.41) is 4.67. The van der Waals surface area contributed by atoms with Gasteiger partial charge in [0.25, 0.3) is 5.91 Å². The third-order valence-electron chi connectivity index (χ3n) is 6.05. The van der Waals surface area contributed by atoms with Crippen LogP contribution < -0.4 is 10.6 Å². The maximum Gasteiger partial charge on any atom is 0.417 e. The highest BCUT2D eigenvalue weighted by molar-refractivity contribution is 5.96. The number of ether oxygens (including phenoxy) is 3. The number of amides is 4. The fourth-order valence-corrected chi connectivity index (χ4v) is 4.36. The molecule has 0 spiro atoms. The van der Waals surface area contributed by atoms with E-state index in [9.17, 15) is 19.2 Å². The predicted molar refractivity (Wildman–Crippen MR) is 171 cm³/mol. The molecule has 1 saturated heterocycles. The number of alkyl carbamates (subject to hydrolysis) is 2. The molecule has 0 saturated carbocycles. The Morgan fingerprint density at radius 1 is 0.705 bits per heavy atom. The Labute approximate surface area is 261 Å². The van der Waals surface area contributed by atoms with Crippen LogP contribution in [0.2, 0.25) is 0 Å². The molecule has 2 aromatic rings. The number of anilines is 1. The molecular formula is C34H49N3O7. The second-order valence-corrected chi connectivity index (χ2v) is 13.8. The number of hydrogen-bond acceptors (Lipinski definition) is 7. The predicted octanol–water partition coefficient (Wildman–Crippen LogP) is 7.81. The van der Waals surface area contributed by atoms with Crippen molar-refractivity contribution in [3.8, 4) is 0 Å². The molecule has 2 N–H and O–H groups in total. The minimum absolute atomic E-state index is 0.000492. The maximum atomic E-state index is 12.9. The lowest BCUT2D eigenvalue weighted by atomic mass is 9.88. The monoisotopic (exact) mass is 611 g/mol. The topological polar surface area (TPSA) is 123 Å². The summed E-state index contributed by atoms with van der Waals surface area (Å²) in [4.78, 5) is 49.1. The van der Waals surface area contributed by atoms with Crippen molar-refractivity contribution in [2.75, 3.05) is 18.4 Å². The molecule has 10 nitrogen and oxygen atoms in total. The zero-order valence-electron chi connectivity index (χ0n) is 27.8. The van der Waals surface area contributed by atoms with E-state index in [-0.39, 0.29) is 5.91 Å². The summed E-state index contributed by atoms with van der Waals surface area (Å²) < 4.78 is 15.0. The number of benzene rings is 2. The van der Waals surface area contributed by atoms with Crippen LogP contribution in [0, 0.1) is 6.92 Å². The molecule has 0 aromatic heterocycles. The van der Waals surface area contributed by atoms with Crippen LogP contribution in [0.5, 0.6) is 0 Å². The van der Waals surface area contributed by atoms with Crippen molar-refractivity contribution in [2.45, 2.75) is 105 Å². The largest absolute Gasteiger partial charge is 0.444 e. The molecule has 0 atom stereocenters. The molecule has 1 fully saturated rings. The van der Waals surface area contributed by atoms with Crippen molar-refractivity contribution >= 4 is 29.9 Å². The van der Waals surface area contributed by atoms with Gasteiger partial charge in [-0.05, 0) is 112 Å². The number of nitrogens with one attached hydrogen (secondary N) is 2. The SMILES string of the molecule is CC(C)(C)OC(=O)NC(=O)OC(C)(C)C.Cc1cccc(C2CCN(C(=O)c3cccc(NC(=O)OC(C)(C)C)c3)CC2)c1. The summed E-state index contributed by atoms with van der Waals surface area (Å²) in [5.74, 6) is 0.500. The Bertz CT molecular complexity index is 1270. The zero-order valence-corrected chi connectivity index (χ0v) is 27.8. The Balaban J connectivity index is 0.000000382. The first-order valence-electron chi connectivity index (χ1n) is 14.9. The molecule has 3 rings (SSSR count). The van der Waals surface area contributed by atoms with Crippen LogP contribution in [-0.4, -0.2) is 59.0 Å². The summed E-state index contributed by atoms with van der Waals surface area (Å²) in [6, 6.07) is 15.7. The van der Waals surface area contributed by atoms with Crippen LogP contribution in [0.4, 0.5) is 20.1 Å². The van der Waals surface area contributed by atoms with E-state index < -0.39 is 35.1 Å². The minimum Gasteiger partial charge on any atom is -0.444 e. The number of nitrogens with zero attached hydrogens (tertiary/aromatic N) is 1. The van der Waals surface area contributed by atoms with Gasteiger partial charge in [0, 0.05) is 24.3 Å². The number of carbonyl (C=O) groups excluding carboxylic acids is 4. The summed E-state index contributed by atoms with van der Waals surface area (Å²) in [7, 11) is 0. The van der Waals surface area contributed by atoms with Crippen LogP contribution >= 0.6 is 0 Å². The first-order chi connectivity index (χ1) is 20.2. The van der Waals surface area contributed by atoms with Gasteiger partial charge < -0.3 is 19.1 Å². The van der Waals surface area contributed by atoms with Gasteiger partial charge in [-0.2, -0.15) is 0 Å². The summed E-state index contributed by atoms with van der Waals surface area (Å²) in [6.45, 7) is 19.3.